The summed E-state index contributed by atoms with van der Waals surface area (Å²) in [5.74, 6) is 0. The molecular weight excluding hydrogens is 190 g/mol. The Morgan fingerprint density at radius 2 is 2.13 bits per heavy atom. The highest BCUT2D eigenvalue weighted by Crippen LogP contribution is 2.18. The molecule has 2 heterocycles. The zero-order chi connectivity index (χ0) is 10.7. The smallest absolute Gasteiger partial charge is 0.140 e. The first-order valence-corrected chi connectivity index (χ1v) is 5.09. The molecule has 4 heteroatoms. The van der Waals surface area contributed by atoms with Crippen LogP contribution in [0, 0.1) is 11.3 Å². The van der Waals surface area contributed by atoms with E-state index in [1.807, 2.05) is 12.1 Å². The molecule has 1 aromatic heterocycles. The summed E-state index contributed by atoms with van der Waals surface area (Å²) in [6.45, 7) is 1.71. The van der Waals surface area contributed by atoms with Gasteiger partial charge in [0.05, 0.1) is 18.0 Å². The van der Waals surface area contributed by atoms with Gasteiger partial charge in [-0.15, -0.1) is 0 Å². The third kappa shape index (κ3) is 2.25. The van der Waals surface area contributed by atoms with E-state index in [0.717, 1.165) is 31.6 Å². The molecule has 2 rings (SSSR count). The molecule has 4 nitrogen and oxygen atoms in total. The number of anilines is 1. The van der Waals surface area contributed by atoms with Crippen LogP contribution in [0.3, 0.4) is 0 Å². The Morgan fingerprint density at radius 1 is 1.40 bits per heavy atom. The number of hydrogen-bond acceptors (Lipinski definition) is 4. The van der Waals surface area contributed by atoms with Crippen LogP contribution in [0.1, 0.15) is 18.5 Å². The highest BCUT2D eigenvalue weighted by atomic mass is 16.3. The lowest BCUT2D eigenvalue weighted by Gasteiger charge is -2.31. The molecule has 78 valence electrons. The van der Waals surface area contributed by atoms with Crippen molar-refractivity contribution in [1.82, 2.24) is 4.98 Å². The standard InChI is InChI=1S/C11H13N3O/c12-7-9-1-2-10(8-13-9)14-5-3-11(15)4-6-14/h1-2,8,11,15H,3-6H2. The van der Waals surface area contributed by atoms with E-state index >= 15 is 0 Å². The largest absolute Gasteiger partial charge is 0.393 e. The minimum atomic E-state index is -0.160. The summed E-state index contributed by atoms with van der Waals surface area (Å²) in [7, 11) is 0. The van der Waals surface area contributed by atoms with Gasteiger partial charge in [0.25, 0.3) is 0 Å². The van der Waals surface area contributed by atoms with Crippen molar-refractivity contribution < 1.29 is 5.11 Å². The SMILES string of the molecule is N#Cc1ccc(N2CCC(O)CC2)cn1. The van der Waals surface area contributed by atoms with Gasteiger partial charge in [0, 0.05) is 13.1 Å². The van der Waals surface area contributed by atoms with Crippen molar-refractivity contribution in [2.75, 3.05) is 18.0 Å². The van der Waals surface area contributed by atoms with Gasteiger partial charge < -0.3 is 10.0 Å². The molecule has 0 saturated carbocycles. The molecule has 1 aliphatic rings. The molecule has 0 atom stereocenters. The number of nitriles is 1. The fraction of sp³-hybridized carbons (Fsp3) is 0.455. The lowest BCUT2D eigenvalue weighted by Crippen LogP contribution is -2.35. The summed E-state index contributed by atoms with van der Waals surface area (Å²) in [5.41, 5.74) is 1.47. The van der Waals surface area contributed by atoms with Crippen LogP contribution in [0.5, 0.6) is 0 Å². The molecule has 0 aromatic carbocycles. The molecule has 1 fully saturated rings. The first-order valence-electron chi connectivity index (χ1n) is 5.09. The molecule has 1 aromatic rings. The second kappa shape index (κ2) is 4.28. The molecule has 1 aliphatic heterocycles. The van der Waals surface area contributed by atoms with Crippen LogP contribution in [0.2, 0.25) is 0 Å². The van der Waals surface area contributed by atoms with E-state index in [9.17, 15) is 5.11 Å². The maximum atomic E-state index is 9.37. The Balaban J connectivity index is 2.07. The van der Waals surface area contributed by atoms with Crippen molar-refractivity contribution in [1.29, 1.82) is 5.26 Å². The van der Waals surface area contributed by atoms with Crippen molar-refractivity contribution in [2.45, 2.75) is 18.9 Å². The fourth-order valence-corrected chi connectivity index (χ4v) is 1.76. The maximum Gasteiger partial charge on any atom is 0.140 e. The van der Waals surface area contributed by atoms with Crippen LogP contribution < -0.4 is 4.90 Å². The second-order valence-electron chi connectivity index (χ2n) is 3.73. The number of piperidine rings is 1. The number of aliphatic hydroxyl groups is 1. The van der Waals surface area contributed by atoms with Gasteiger partial charge in [-0.2, -0.15) is 5.26 Å². The number of hydrogen-bond donors (Lipinski definition) is 1. The Bertz CT molecular complexity index is 360. The molecule has 0 spiro atoms. The van der Waals surface area contributed by atoms with Crippen molar-refractivity contribution in [2.24, 2.45) is 0 Å². The molecule has 0 unspecified atom stereocenters. The van der Waals surface area contributed by atoms with E-state index in [0.29, 0.717) is 5.69 Å². The van der Waals surface area contributed by atoms with Crippen LogP contribution in [0.4, 0.5) is 5.69 Å². The minimum absolute atomic E-state index is 0.160. The van der Waals surface area contributed by atoms with Gasteiger partial charge in [0.1, 0.15) is 11.8 Å². The van der Waals surface area contributed by atoms with Crippen molar-refractivity contribution in [3.8, 4) is 6.07 Å². The van der Waals surface area contributed by atoms with Crippen molar-refractivity contribution >= 4 is 5.69 Å². The van der Waals surface area contributed by atoms with Crippen molar-refractivity contribution in [3.63, 3.8) is 0 Å². The number of pyridine rings is 1. The van der Waals surface area contributed by atoms with Crippen LogP contribution in [0.25, 0.3) is 0 Å². The molecule has 15 heavy (non-hydrogen) atoms. The number of rotatable bonds is 1. The molecule has 0 radical (unpaired) electrons. The van der Waals surface area contributed by atoms with E-state index in [2.05, 4.69) is 9.88 Å². The van der Waals surface area contributed by atoms with Gasteiger partial charge in [0.2, 0.25) is 0 Å². The normalized spacial score (nSPS) is 17.5. The molecule has 0 amide bonds. The second-order valence-corrected chi connectivity index (χ2v) is 3.73. The highest BCUT2D eigenvalue weighted by Gasteiger charge is 2.17. The Morgan fingerprint density at radius 3 is 2.67 bits per heavy atom. The summed E-state index contributed by atoms with van der Waals surface area (Å²) < 4.78 is 0. The molecule has 0 bridgehead atoms. The molecular formula is C11H13N3O. The fourth-order valence-electron chi connectivity index (χ4n) is 1.76. The van der Waals surface area contributed by atoms with Crippen LogP contribution in [0.15, 0.2) is 18.3 Å². The van der Waals surface area contributed by atoms with Crippen LogP contribution in [-0.4, -0.2) is 29.3 Å². The third-order valence-electron chi connectivity index (χ3n) is 2.69. The number of aliphatic hydroxyl groups excluding tert-OH is 1. The highest BCUT2D eigenvalue weighted by molar-refractivity contribution is 5.46. The van der Waals surface area contributed by atoms with Gasteiger partial charge in [-0.25, -0.2) is 4.98 Å². The van der Waals surface area contributed by atoms with Crippen LogP contribution in [-0.2, 0) is 0 Å². The van der Waals surface area contributed by atoms with Gasteiger partial charge >= 0.3 is 0 Å². The Hall–Kier alpha value is -1.60. The summed E-state index contributed by atoms with van der Waals surface area (Å²) in [5, 5.41) is 18.0. The van der Waals surface area contributed by atoms with Crippen molar-refractivity contribution in [3.05, 3.63) is 24.0 Å². The zero-order valence-corrected chi connectivity index (χ0v) is 8.43. The lowest BCUT2D eigenvalue weighted by molar-refractivity contribution is 0.145. The molecule has 0 aliphatic carbocycles. The molecule has 1 saturated heterocycles. The Kier molecular flexibility index (Phi) is 2.84. The average Bonchev–Trinajstić information content (AvgIpc) is 2.30. The first-order chi connectivity index (χ1) is 7.29. The third-order valence-corrected chi connectivity index (χ3v) is 2.69. The average molecular weight is 203 g/mol. The topological polar surface area (TPSA) is 60.2 Å². The summed E-state index contributed by atoms with van der Waals surface area (Å²) in [6.07, 6.45) is 3.17. The Labute approximate surface area is 88.8 Å². The van der Waals surface area contributed by atoms with E-state index in [1.54, 1.807) is 12.3 Å². The van der Waals surface area contributed by atoms with Gasteiger partial charge in [0.15, 0.2) is 0 Å². The number of aromatic nitrogens is 1. The van der Waals surface area contributed by atoms with Gasteiger partial charge in [-0.3, -0.25) is 0 Å². The van der Waals surface area contributed by atoms with Gasteiger partial charge in [-0.05, 0) is 25.0 Å². The quantitative estimate of drug-likeness (QED) is 0.737. The lowest BCUT2D eigenvalue weighted by atomic mass is 10.1. The predicted molar refractivity (Wildman–Crippen MR) is 56.4 cm³/mol. The van der Waals surface area contributed by atoms with Crippen LogP contribution >= 0.6 is 0 Å². The monoisotopic (exact) mass is 203 g/mol. The summed E-state index contributed by atoms with van der Waals surface area (Å²) >= 11 is 0. The van der Waals surface area contributed by atoms with Gasteiger partial charge in [-0.1, -0.05) is 0 Å². The number of nitrogens with zero attached hydrogens (tertiary/aromatic N) is 3. The van der Waals surface area contributed by atoms with E-state index in [1.165, 1.54) is 0 Å². The summed E-state index contributed by atoms with van der Waals surface area (Å²) in [6, 6.07) is 5.62. The van der Waals surface area contributed by atoms with E-state index < -0.39 is 0 Å². The molecule has 1 N–H and O–H groups in total. The zero-order valence-electron chi connectivity index (χ0n) is 8.43. The van der Waals surface area contributed by atoms with E-state index in [4.69, 9.17) is 5.26 Å². The maximum absolute atomic E-state index is 9.37. The summed E-state index contributed by atoms with van der Waals surface area (Å²) in [4.78, 5) is 6.21. The minimum Gasteiger partial charge on any atom is -0.393 e. The first kappa shape index (κ1) is 9.94. The van der Waals surface area contributed by atoms with E-state index in [-0.39, 0.29) is 6.10 Å². The predicted octanol–water partition coefficient (Wildman–Crippen LogP) is 0.914.